The molecule has 0 aliphatic heterocycles. The third-order valence-electron chi connectivity index (χ3n) is 8.87. The van der Waals surface area contributed by atoms with E-state index in [0.29, 0.717) is 57.8 Å². The summed E-state index contributed by atoms with van der Waals surface area (Å²) in [4.78, 5) is 60.1. The number of hydrogen-bond acceptors (Lipinski definition) is 20. The van der Waals surface area contributed by atoms with E-state index in [1.807, 2.05) is 13.8 Å². The maximum atomic E-state index is 11.6. The standard InChI is InChI=1S/2C12H13Cl2NO4S.C9H8Cl2O4.C8H6Cl2O3S.C7H8Cl2N2.C3H6ClNS/c1-15(2)12(17)20-11-8(13)4-7(5-9(11)14)19-6-10(16)18-3;1-15(2)12(20)19-11-8(13)4-7(5-9(11)14)18-6-10(16)17-3;1-14-8(12)4-15-5-2-6(10)9(13)7(11)3-5;9-5-1-4(13-3-7(11)12)2-6(10)8(5)14;1-4(2)5-3-6(8)10-11-7(5)9;1-5(2)3(4)6/h2*4-5H,6H2,1-3H3;2-3,13H,4H2,1H3;1-2,14H,3H2,(H,11,12);3-4H,1-2H3;1-2H3. The Morgan fingerprint density at radius 1 is 0.558 bits per heavy atom. The highest BCUT2D eigenvalue weighted by molar-refractivity contribution is 8.13. The Labute approximate surface area is 571 Å². The Kier molecular flexibility index (Phi) is 40.6. The lowest BCUT2D eigenvalue weighted by atomic mass is 10.1. The van der Waals surface area contributed by atoms with Gasteiger partial charge in [-0.05, 0) is 53.7 Å². The van der Waals surface area contributed by atoms with Crippen molar-refractivity contribution >= 4 is 215 Å². The number of rotatable bonds is 15. The molecule has 0 radical (unpaired) electrons. The molecule has 0 aliphatic rings. The molecular weight excluding hydrogens is 1440 g/mol. The van der Waals surface area contributed by atoms with E-state index in [9.17, 15) is 29.1 Å². The summed E-state index contributed by atoms with van der Waals surface area (Å²) in [7, 11) is 14.1. The fraction of sp³-hybridized carbons (Fsp3) is 0.314. The molecule has 20 nitrogen and oxygen atoms in total. The molecule has 1 aromatic heterocycles. The largest absolute Gasteiger partial charge is 0.505 e. The van der Waals surface area contributed by atoms with Crippen LogP contribution in [0.1, 0.15) is 25.3 Å². The van der Waals surface area contributed by atoms with Crippen molar-refractivity contribution in [1.82, 2.24) is 24.9 Å². The molecule has 4 aromatic carbocycles. The third kappa shape index (κ3) is 32.8. The van der Waals surface area contributed by atoms with E-state index < -0.39 is 30.5 Å². The Morgan fingerprint density at radius 2 is 0.907 bits per heavy atom. The van der Waals surface area contributed by atoms with Gasteiger partial charge in [0.1, 0.15) is 23.0 Å². The van der Waals surface area contributed by atoms with Crippen LogP contribution < -0.4 is 23.7 Å². The van der Waals surface area contributed by atoms with Gasteiger partial charge in [0, 0.05) is 95.7 Å². The topological polar surface area (TPSA) is 235 Å². The number of methoxy groups -OCH3 is 3. The molecule has 0 atom stereocenters. The molecule has 86 heavy (non-hydrogen) atoms. The van der Waals surface area contributed by atoms with E-state index in [0.717, 1.165) is 17.3 Å². The number of benzene rings is 4. The lowest BCUT2D eigenvalue weighted by molar-refractivity contribution is -0.143. The van der Waals surface area contributed by atoms with E-state index in [4.69, 9.17) is 169 Å². The minimum Gasteiger partial charge on any atom is -0.505 e. The van der Waals surface area contributed by atoms with Crippen LogP contribution in [0.5, 0.6) is 34.5 Å². The van der Waals surface area contributed by atoms with Gasteiger partial charge in [0.05, 0.1) is 66.4 Å². The molecular formula is C51H54Cl11N5O15S4. The van der Waals surface area contributed by atoms with E-state index in [1.54, 1.807) is 58.2 Å². The van der Waals surface area contributed by atoms with Gasteiger partial charge in [0.2, 0.25) is 0 Å². The molecule has 0 saturated carbocycles. The van der Waals surface area contributed by atoms with Crippen molar-refractivity contribution < 1.29 is 72.1 Å². The number of thioether (sulfide) groups is 1. The molecule has 0 fully saturated rings. The average Bonchev–Trinajstić information content (AvgIpc) is 3.51. The van der Waals surface area contributed by atoms with E-state index >= 15 is 0 Å². The van der Waals surface area contributed by atoms with Crippen LogP contribution in [-0.4, -0.2) is 164 Å². The van der Waals surface area contributed by atoms with Gasteiger partial charge < -0.3 is 62.8 Å². The SMILES string of the molecule is CC(C)c1cc(Cl)nnc1Cl.CN(C)C(=S)Cl.COC(=O)COc1cc(Cl)c(O)c(Cl)c1.COC(=O)COc1cc(Cl)c(OC(=S)N(C)C)c(Cl)c1.COC(=O)COc1cc(Cl)c(SC(=O)N(C)C)c(Cl)c1.O=C(O)COc1cc(Cl)c(S)c(Cl)c1. The zero-order valence-corrected chi connectivity index (χ0v) is 58.5. The predicted molar refractivity (Wildman–Crippen MR) is 351 cm³/mol. The summed E-state index contributed by atoms with van der Waals surface area (Å²) in [6.45, 7) is 2.90. The molecule has 0 aliphatic carbocycles. The molecule has 0 spiro atoms. The van der Waals surface area contributed by atoms with Crippen molar-refractivity contribution in [1.29, 1.82) is 0 Å². The number of carboxylic acid groups (broad SMARTS) is 1. The first-order valence-corrected chi connectivity index (χ1v) is 29.3. The van der Waals surface area contributed by atoms with Crippen molar-refractivity contribution in [3.05, 3.63) is 111 Å². The maximum absolute atomic E-state index is 11.6. The minimum atomic E-state index is -1.06. The number of carbonyl (C=O) groups excluding carboxylic acids is 4. The zero-order chi connectivity index (χ0) is 66.3. The van der Waals surface area contributed by atoms with Crippen LogP contribution in [0.25, 0.3) is 0 Å². The number of aromatic nitrogens is 2. The van der Waals surface area contributed by atoms with E-state index in [2.05, 4.69) is 49.3 Å². The van der Waals surface area contributed by atoms with Crippen LogP contribution in [0.2, 0.25) is 50.5 Å². The van der Waals surface area contributed by atoms with Gasteiger partial charge in [-0.2, -0.15) is 0 Å². The second-order valence-electron chi connectivity index (χ2n) is 16.4. The van der Waals surface area contributed by atoms with Crippen molar-refractivity contribution in [2.45, 2.75) is 29.6 Å². The average molecular weight is 1500 g/mol. The molecule has 0 saturated heterocycles. The highest BCUT2D eigenvalue weighted by atomic mass is 35.5. The van der Waals surface area contributed by atoms with Gasteiger partial charge in [0.25, 0.3) is 10.4 Å². The molecule has 5 rings (SSSR count). The minimum absolute atomic E-state index is 0.0577. The number of thiocarbonyl (C=S) groups is 2. The summed E-state index contributed by atoms with van der Waals surface area (Å²) < 4.78 is 39.3. The molecule has 5 aromatic rings. The number of aliphatic carboxylic acids is 1. The number of carboxylic acids is 1. The fourth-order valence-electron chi connectivity index (χ4n) is 4.56. The van der Waals surface area contributed by atoms with Crippen LogP contribution in [0.3, 0.4) is 0 Å². The Bertz CT molecular complexity index is 2940. The number of aromatic hydroxyl groups is 1. The summed E-state index contributed by atoms with van der Waals surface area (Å²) in [5.41, 5.74) is 0.937. The van der Waals surface area contributed by atoms with Crippen LogP contribution in [0, 0.1) is 0 Å². The molecule has 474 valence electrons. The Balaban J connectivity index is 0.00000104. The highest BCUT2D eigenvalue weighted by Gasteiger charge is 2.18. The second-order valence-corrected chi connectivity index (χ2v) is 23.1. The number of nitrogens with zero attached hydrogens (tertiary/aromatic N) is 5. The summed E-state index contributed by atoms with van der Waals surface area (Å²) >= 11 is 78.1. The number of thiol groups is 1. The number of carbonyl (C=O) groups is 5. The molecule has 2 N–H and O–H groups in total. The van der Waals surface area contributed by atoms with Crippen LogP contribution in [-0.2, 0) is 33.4 Å². The lowest BCUT2D eigenvalue weighted by Crippen LogP contribution is -2.25. The number of ether oxygens (including phenoxy) is 8. The van der Waals surface area contributed by atoms with E-state index in [1.165, 1.54) is 74.8 Å². The summed E-state index contributed by atoms with van der Waals surface area (Å²) in [6.07, 6.45) is 0. The van der Waals surface area contributed by atoms with Crippen molar-refractivity contribution in [3.8, 4) is 34.5 Å². The Hall–Kier alpha value is -4.22. The molecule has 1 amide bonds. The van der Waals surface area contributed by atoms with Gasteiger partial charge in [-0.15, -0.1) is 22.8 Å². The third-order valence-corrected chi connectivity index (χ3v) is 15.0. The number of phenols is 1. The first-order valence-electron chi connectivity index (χ1n) is 23.1. The maximum Gasteiger partial charge on any atom is 0.343 e. The summed E-state index contributed by atoms with van der Waals surface area (Å²) in [5, 5.41) is 27.5. The molecule has 1 heterocycles. The summed E-state index contributed by atoms with van der Waals surface area (Å²) in [6, 6.07) is 13.3. The monoisotopic (exact) mass is 1490 g/mol. The zero-order valence-electron chi connectivity index (χ0n) is 46.9. The highest BCUT2D eigenvalue weighted by Crippen LogP contribution is 2.40. The quantitative estimate of drug-likeness (QED) is 0.0168. The lowest BCUT2D eigenvalue weighted by Gasteiger charge is -2.16. The van der Waals surface area contributed by atoms with Gasteiger partial charge in [-0.3, -0.25) is 4.79 Å². The first kappa shape index (κ1) is 81.8. The van der Waals surface area contributed by atoms with Crippen molar-refractivity contribution in [2.75, 3.05) is 90.0 Å². The van der Waals surface area contributed by atoms with E-state index in [-0.39, 0.29) is 77.6 Å². The van der Waals surface area contributed by atoms with Crippen LogP contribution >= 0.6 is 176 Å². The van der Waals surface area contributed by atoms with Gasteiger partial charge in [-0.1, -0.05) is 141 Å². The Morgan fingerprint density at radius 3 is 1.22 bits per heavy atom. The fourth-order valence-corrected chi connectivity index (χ4v) is 8.09. The van der Waals surface area contributed by atoms with Gasteiger partial charge >= 0.3 is 23.9 Å². The second kappa shape index (κ2) is 42.7. The number of hydrogen-bond donors (Lipinski definition) is 3. The number of amides is 1. The molecule has 0 unspecified atom stereocenters. The van der Waals surface area contributed by atoms with Crippen molar-refractivity contribution in [2.24, 2.45) is 0 Å². The summed E-state index contributed by atoms with van der Waals surface area (Å²) in [5.74, 6) is -1.02. The van der Waals surface area contributed by atoms with Gasteiger partial charge in [-0.25, -0.2) is 19.2 Å². The normalized spacial score (nSPS) is 9.86. The number of phenolic OH excluding ortho intramolecular Hbond substituents is 1. The van der Waals surface area contributed by atoms with Gasteiger partial charge in [0.15, 0.2) is 52.7 Å². The number of halogens is 11. The molecule has 0 bridgehead atoms. The van der Waals surface area contributed by atoms with Crippen LogP contribution in [0.15, 0.2) is 64.4 Å². The number of esters is 3. The van der Waals surface area contributed by atoms with Crippen molar-refractivity contribution in [3.63, 3.8) is 0 Å². The van der Waals surface area contributed by atoms with Crippen LogP contribution in [0.4, 0.5) is 4.79 Å². The molecule has 35 heteroatoms. The smallest absolute Gasteiger partial charge is 0.343 e. The first-order chi connectivity index (χ1) is 40.0. The predicted octanol–water partition coefficient (Wildman–Crippen LogP) is 15.1.